The van der Waals surface area contributed by atoms with Crippen molar-refractivity contribution < 1.29 is 34.6 Å². The van der Waals surface area contributed by atoms with Gasteiger partial charge in [0.2, 0.25) is 0 Å². The molecule has 0 aliphatic heterocycles. The third kappa shape index (κ3) is 202. The van der Waals surface area contributed by atoms with E-state index in [9.17, 15) is 0 Å². The molecule has 6 heteroatoms. The molecule has 0 radical (unpaired) electrons. The summed E-state index contributed by atoms with van der Waals surface area (Å²) in [6, 6.07) is 0. The van der Waals surface area contributed by atoms with E-state index in [1.807, 2.05) is 0 Å². The van der Waals surface area contributed by atoms with E-state index in [4.69, 9.17) is 15.1 Å². The van der Waals surface area contributed by atoms with Crippen LogP contribution in [0.5, 0.6) is 0 Å². The summed E-state index contributed by atoms with van der Waals surface area (Å²) < 4.78 is 0. The minimum absolute atomic E-state index is 0. The molecule has 0 aromatic rings. The monoisotopic (exact) mass is 140 g/mol. The standard InChI is InChI=1S/BHO3.H2N.Zn/c2-1(3)4;;/h2H;1H2;/q-2;-1;+2. The van der Waals surface area contributed by atoms with E-state index in [2.05, 4.69) is 0 Å². The van der Waals surface area contributed by atoms with Gasteiger partial charge in [0.25, 0.3) is 0 Å². The van der Waals surface area contributed by atoms with Crippen molar-refractivity contribution in [1.29, 1.82) is 0 Å². The summed E-state index contributed by atoms with van der Waals surface area (Å²) >= 11 is 0. The Balaban J connectivity index is -0.0000000450. The number of hydrogen-bond donors (Lipinski definition) is 1. The van der Waals surface area contributed by atoms with Crippen molar-refractivity contribution in [3.63, 3.8) is 0 Å². The topological polar surface area (TPSA) is 99.9 Å². The first kappa shape index (κ1) is 16.0. The summed E-state index contributed by atoms with van der Waals surface area (Å²) in [5.74, 6) is 0. The van der Waals surface area contributed by atoms with Gasteiger partial charge in [0.15, 0.2) is 0 Å². The van der Waals surface area contributed by atoms with Gasteiger partial charge < -0.3 is 21.2 Å². The summed E-state index contributed by atoms with van der Waals surface area (Å²) in [5.41, 5.74) is 0. The van der Waals surface area contributed by atoms with E-state index < -0.39 is 7.32 Å². The van der Waals surface area contributed by atoms with E-state index in [1.54, 1.807) is 0 Å². The van der Waals surface area contributed by atoms with Gasteiger partial charge in [0, 0.05) is 0 Å². The number of nitrogens with two attached hydrogens (primary N) is 1. The summed E-state index contributed by atoms with van der Waals surface area (Å²) in [4.78, 5) is 0. The van der Waals surface area contributed by atoms with Crippen LogP contribution in [0.15, 0.2) is 0 Å². The second-order valence-electron chi connectivity index (χ2n) is 0.307. The molecule has 0 aromatic carbocycles. The van der Waals surface area contributed by atoms with Crippen LogP contribution in [-0.2, 0) is 19.5 Å². The zero-order valence-corrected chi connectivity index (χ0v) is 6.09. The average molecular weight is 141 g/mol. The molecule has 3 N–H and O–H groups in total. The molecule has 4 nitrogen and oxygen atoms in total. The minimum atomic E-state index is -2.67. The zero-order chi connectivity index (χ0) is 3.58. The Morgan fingerprint density at radius 1 is 1.33 bits per heavy atom. The van der Waals surface area contributed by atoms with Crippen molar-refractivity contribution in [3.8, 4) is 0 Å². The summed E-state index contributed by atoms with van der Waals surface area (Å²) in [7, 11) is -2.67. The third-order valence-corrected chi connectivity index (χ3v) is 0. The van der Waals surface area contributed by atoms with Gasteiger partial charge in [-0.1, -0.05) is 0 Å². The first-order valence-electron chi connectivity index (χ1n) is 0.730. The molecule has 0 unspecified atom stereocenters. The normalized spacial score (nSPS) is 4.50. The van der Waals surface area contributed by atoms with Gasteiger partial charge in [0.05, 0.1) is 7.32 Å². The average Bonchev–Trinajstić information content (AvgIpc) is 0.811. The van der Waals surface area contributed by atoms with Crippen LogP contribution < -0.4 is 10.0 Å². The second-order valence-corrected chi connectivity index (χ2v) is 0.307. The van der Waals surface area contributed by atoms with Crippen LogP contribution in [0.25, 0.3) is 6.15 Å². The predicted octanol–water partition coefficient (Wildman–Crippen LogP) is -2.60. The molecule has 0 atom stereocenters. The molecule has 0 aromatic heterocycles. The van der Waals surface area contributed by atoms with Crippen LogP contribution >= 0.6 is 0 Å². The molecule has 0 rings (SSSR count). The summed E-state index contributed by atoms with van der Waals surface area (Å²) in [5, 5.41) is 24.0. The van der Waals surface area contributed by atoms with Gasteiger partial charge in [-0.15, -0.1) is 0 Å². The molecule has 0 fully saturated rings. The van der Waals surface area contributed by atoms with Crippen molar-refractivity contribution in [3.05, 3.63) is 6.15 Å². The van der Waals surface area contributed by atoms with Crippen molar-refractivity contribution in [2.24, 2.45) is 0 Å². The van der Waals surface area contributed by atoms with E-state index in [0.29, 0.717) is 0 Å². The van der Waals surface area contributed by atoms with Crippen LogP contribution in [-0.4, -0.2) is 12.3 Å². The molecule has 0 aliphatic rings. The molecule has 0 heterocycles. The van der Waals surface area contributed by atoms with Crippen LogP contribution in [0.3, 0.4) is 0 Å². The maximum Gasteiger partial charge on any atom is 2.00 e. The first-order chi connectivity index (χ1) is 1.73. The van der Waals surface area contributed by atoms with Crippen LogP contribution in [0.2, 0.25) is 0 Å². The van der Waals surface area contributed by atoms with Gasteiger partial charge in [-0.25, -0.2) is 0 Å². The molecule has 0 aliphatic carbocycles. The molecule has 0 bridgehead atoms. The van der Waals surface area contributed by atoms with Gasteiger partial charge in [0.1, 0.15) is 0 Å². The Kier molecular flexibility index (Phi) is 24.3. The van der Waals surface area contributed by atoms with Gasteiger partial charge in [-0.3, -0.25) is 0 Å². The SMILES string of the molecule is [NH2-].[O-]B([O-])O.[Zn+2]. The number of hydrogen-bond acceptors (Lipinski definition) is 3. The van der Waals surface area contributed by atoms with Crippen molar-refractivity contribution >= 4 is 7.32 Å². The largest absolute Gasteiger partial charge is 2.00 e. The van der Waals surface area contributed by atoms with Crippen molar-refractivity contribution in [2.45, 2.75) is 0 Å². The molecular weight excluding hydrogens is 138 g/mol. The molecule has 32 valence electrons. The molecule has 6 heavy (non-hydrogen) atoms. The first-order valence-corrected chi connectivity index (χ1v) is 0.730. The Morgan fingerprint density at radius 2 is 1.33 bits per heavy atom. The van der Waals surface area contributed by atoms with Crippen molar-refractivity contribution in [2.75, 3.05) is 0 Å². The smallest absolute Gasteiger partial charge is 0.871 e. The second kappa shape index (κ2) is 9.11. The number of rotatable bonds is 0. The third-order valence-electron chi connectivity index (χ3n) is 0. The van der Waals surface area contributed by atoms with Crippen molar-refractivity contribution in [1.82, 2.24) is 0 Å². The maximum atomic E-state index is 8.53. The maximum absolute atomic E-state index is 8.53. The van der Waals surface area contributed by atoms with Crippen LogP contribution in [0.4, 0.5) is 0 Å². The molecule has 0 saturated carbocycles. The summed E-state index contributed by atoms with van der Waals surface area (Å²) in [6.45, 7) is 0. The Labute approximate surface area is 48.7 Å². The molecular formula is H3BNO3Zn-. The quantitative estimate of drug-likeness (QED) is 0.374. The predicted molar refractivity (Wildman–Crippen MR) is 13.3 cm³/mol. The molecule has 0 amide bonds. The van der Waals surface area contributed by atoms with E-state index >= 15 is 0 Å². The van der Waals surface area contributed by atoms with E-state index in [-0.39, 0.29) is 25.6 Å². The Bertz CT molecular complexity index is 15.5. The summed E-state index contributed by atoms with van der Waals surface area (Å²) in [6.07, 6.45) is 0. The fourth-order valence-electron chi connectivity index (χ4n) is 0. The minimum Gasteiger partial charge on any atom is -0.871 e. The van der Waals surface area contributed by atoms with Gasteiger partial charge >= 0.3 is 19.5 Å². The van der Waals surface area contributed by atoms with E-state index in [0.717, 1.165) is 0 Å². The van der Waals surface area contributed by atoms with Crippen LogP contribution in [0.1, 0.15) is 0 Å². The fourth-order valence-corrected chi connectivity index (χ4v) is 0. The zero-order valence-electron chi connectivity index (χ0n) is 3.13. The van der Waals surface area contributed by atoms with Gasteiger partial charge in [-0.05, 0) is 0 Å². The van der Waals surface area contributed by atoms with E-state index in [1.165, 1.54) is 0 Å². The van der Waals surface area contributed by atoms with Crippen LogP contribution in [0, 0.1) is 0 Å². The Morgan fingerprint density at radius 3 is 1.33 bits per heavy atom. The molecule has 0 spiro atoms. The molecule has 0 saturated heterocycles. The van der Waals surface area contributed by atoms with Gasteiger partial charge in [-0.2, -0.15) is 0 Å². The Hall–Kier alpha value is 0.528. The fraction of sp³-hybridized carbons (Fsp3) is 0.